The lowest BCUT2D eigenvalue weighted by molar-refractivity contribution is 1.08. The third kappa shape index (κ3) is 4.47. The van der Waals surface area contributed by atoms with Crippen molar-refractivity contribution in [2.75, 3.05) is 4.90 Å². The van der Waals surface area contributed by atoms with Gasteiger partial charge in [-0.15, -0.1) is 6.58 Å². The molecule has 0 heterocycles. The van der Waals surface area contributed by atoms with Gasteiger partial charge >= 0.3 is 0 Å². The summed E-state index contributed by atoms with van der Waals surface area (Å²) in [6, 6.07) is 21.1. The molecule has 0 atom stereocenters. The number of anilines is 2. The lowest BCUT2D eigenvalue weighted by Crippen LogP contribution is -2.23. The highest BCUT2D eigenvalue weighted by molar-refractivity contribution is 6.81. The summed E-state index contributed by atoms with van der Waals surface area (Å²) < 4.78 is 0. The van der Waals surface area contributed by atoms with Crippen LogP contribution in [-0.2, 0) is 0 Å². The zero-order chi connectivity index (χ0) is 16.0. The first-order valence-corrected chi connectivity index (χ1v) is 11.3. The molecular formula is C20H25NSi. The maximum atomic E-state index is 3.95. The second-order valence-corrected chi connectivity index (χ2v) is 11.5. The van der Waals surface area contributed by atoms with Crippen molar-refractivity contribution in [2.45, 2.75) is 26.1 Å². The van der Waals surface area contributed by atoms with Crippen LogP contribution in [0.15, 0.2) is 84.7 Å². The highest BCUT2D eigenvalue weighted by atomic mass is 28.3. The third-order valence-corrected chi connectivity index (χ3v) is 4.47. The first kappa shape index (κ1) is 16.3. The average molecular weight is 308 g/mol. The number of hydrogen-bond donors (Lipinski definition) is 0. The Hall–Kier alpha value is -2.06. The van der Waals surface area contributed by atoms with Crippen LogP contribution in [0.4, 0.5) is 11.4 Å². The van der Waals surface area contributed by atoms with Crippen molar-refractivity contribution in [3.8, 4) is 0 Å². The molecule has 0 amide bonds. The zero-order valence-corrected chi connectivity index (χ0v) is 14.8. The SMILES string of the molecule is C=CC/C(=C\[Si](C)(C)C)N(c1ccccc1)c1ccccc1. The number of allylic oxidation sites excluding steroid dienone is 1. The molecule has 2 rings (SSSR count). The fraction of sp³-hybridized carbons (Fsp3) is 0.200. The molecule has 2 aromatic carbocycles. The lowest BCUT2D eigenvalue weighted by atomic mass is 10.2. The van der Waals surface area contributed by atoms with Crippen molar-refractivity contribution in [1.82, 2.24) is 0 Å². The molecule has 0 aliphatic rings. The Bertz CT molecular complexity index is 584. The van der Waals surface area contributed by atoms with E-state index >= 15 is 0 Å². The standard InChI is InChI=1S/C20H25NSi/c1-5-12-20(17-22(2,3)4)21(18-13-8-6-9-14-18)19-15-10-7-11-16-19/h5-11,13-17H,1,12H2,2-4H3/b20-17+. The summed E-state index contributed by atoms with van der Waals surface area (Å²) in [4.78, 5) is 2.35. The largest absolute Gasteiger partial charge is 0.315 e. The Morgan fingerprint density at radius 2 is 1.36 bits per heavy atom. The number of rotatable bonds is 6. The van der Waals surface area contributed by atoms with Crippen molar-refractivity contribution >= 4 is 19.4 Å². The molecule has 0 N–H and O–H groups in total. The quantitative estimate of drug-likeness (QED) is 0.456. The minimum absolute atomic E-state index is 0.869. The third-order valence-electron chi connectivity index (χ3n) is 3.27. The van der Waals surface area contributed by atoms with E-state index in [4.69, 9.17) is 0 Å². The smallest absolute Gasteiger partial charge is 0.0710 e. The average Bonchev–Trinajstić information content (AvgIpc) is 2.48. The molecule has 0 aliphatic heterocycles. The molecule has 0 saturated heterocycles. The maximum Gasteiger partial charge on any atom is 0.0710 e. The van der Waals surface area contributed by atoms with Crippen LogP contribution in [0.25, 0.3) is 0 Å². The van der Waals surface area contributed by atoms with Crippen LogP contribution in [0, 0.1) is 0 Å². The van der Waals surface area contributed by atoms with E-state index in [0.717, 1.165) is 6.42 Å². The molecule has 0 bridgehead atoms. The summed E-state index contributed by atoms with van der Waals surface area (Å²) in [5.41, 5.74) is 6.17. The molecule has 0 saturated carbocycles. The van der Waals surface area contributed by atoms with Crippen LogP contribution < -0.4 is 4.90 Å². The highest BCUT2D eigenvalue weighted by Crippen LogP contribution is 2.31. The summed E-state index contributed by atoms with van der Waals surface area (Å²) >= 11 is 0. The van der Waals surface area contributed by atoms with Crippen LogP contribution in [0.5, 0.6) is 0 Å². The number of hydrogen-bond acceptors (Lipinski definition) is 1. The Morgan fingerprint density at radius 3 is 1.73 bits per heavy atom. The molecule has 0 aliphatic carbocycles. The van der Waals surface area contributed by atoms with Gasteiger partial charge in [0.05, 0.1) is 8.07 Å². The van der Waals surface area contributed by atoms with Crippen LogP contribution in [-0.4, -0.2) is 8.07 Å². The lowest BCUT2D eigenvalue weighted by Gasteiger charge is -2.29. The van der Waals surface area contributed by atoms with Gasteiger partial charge in [0, 0.05) is 23.5 Å². The Kier molecular flexibility index (Phi) is 5.39. The van der Waals surface area contributed by atoms with Crippen molar-refractivity contribution in [1.29, 1.82) is 0 Å². The van der Waals surface area contributed by atoms with Crippen LogP contribution >= 0.6 is 0 Å². The van der Waals surface area contributed by atoms with Crippen molar-refractivity contribution in [3.63, 3.8) is 0 Å². The van der Waals surface area contributed by atoms with Gasteiger partial charge in [-0.05, 0) is 24.3 Å². The van der Waals surface area contributed by atoms with Crippen LogP contribution in [0.3, 0.4) is 0 Å². The predicted molar refractivity (Wildman–Crippen MR) is 101 cm³/mol. The minimum Gasteiger partial charge on any atom is -0.315 e. The van der Waals surface area contributed by atoms with Gasteiger partial charge in [-0.2, -0.15) is 0 Å². The number of para-hydroxylation sites is 2. The molecule has 22 heavy (non-hydrogen) atoms. The van der Waals surface area contributed by atoms with Crippen LogP contribution in [0.2, 0.25) is 19.6 Å². The molecule has 0 fully saturated rings. The molecule has 0 radical (unpaired) electrons. The summed E-state index contributed by atoms with van der Waals surface area (Å²) in [6.45, 7) is 11.0. The van der Waals surface area contributed by atoms with E-state index in [1.54, 1.807) is 0 Å². The van der Waals surface area contributed by atoms with E-state index in [2.05, 4.69) is 97.5 Å². The fourth-order valence-corrected chi connectivity index (χ4v) is 3.74. The Balaban J connectivity index is 2.56. The molecule has 0 aromatic heterocycles. The molecule has 114 valence electrons. The van der Waals surface area contributed by atoms with Gasteiger partial charge in [0.1, 0.15) is 0 Å². The van der Waals surface area contributed by atoms with Gasteiger partial charge in [0.15, 0.2) is 0 Å². The second-order valence-electron chi connectivity index (χ2n) is 6.50. The monoisotopic (exact) mass is 307 g/mol. The van der Waals surface area contributed by atoms with E-state index in [1.165, 1.54) is 17.1 Å². The van der Waals surface area contributed by atoms with E-state index in [0.29, 0.717) is 0 Å². The van der Waals surface area contributed by atoms with Crippen molar-refractivity contribution in [3.05, 3.63) is 84.7 Å². The first-order chi connectivity index (χ1) is 10.5. The van der Waals surface area contributed by atoms with Crippen molar-refractivity contribution in [2.24, 2.45) is 0 Å². The maximum absolute atomic E-state index is 3.95. The van der Waals surface area contributed by atoms with E-state index in [9.17, 15) is 0 Å². The van der Waals surface area contributed by atoms with E-state index < -0.39 is 8.07 Å². The molecule has 1 nitrogen and oxygen atoms in total. The molecular weight excluding hydrogens is 282 g/mol. The number of nitrogens with zero attached hydrogens (tertiary/aromatic N) is 1. The van der Waals surface area contributed by atoms with Gasteiger partial charge in [-0.3, -0.25) is 0 Å². The summed E-state index contributed by atoms with van der Waals surface area (Å²) in [7, 11) is -1.34. The molecule has 2 heteroatoms. The Labute approximate surface area is 135 Å². The molecule has 0 unspecified atom stereocenters. The van der Waals surface area contributed by atoms with Gasteiger partial charge in [0.25, 0.3) is 0 Å². The van der Waals surface area contributed by atoms with Crippen molar-refractivity contribution < 1.29 is 0 Å². The van der Waals surface area contributed by atoms with E-state index in [1.807, 2.05) is 6.08 Å². The van der Waals surface area contributed by atoms with E-state index in [-0.39, 0.29) is 0 Å². The normalized spacial score (nSPS) is 12.0. The predicted octanol–water partition coefficient (Wildman–Crippen LogP) is 6.16. The second kappa shape index (κ2) is 7.28. The topological polar surface area (TPSA) is 3.24 Å². The van der Waals surface area contributed by atoms with Crippen LogP contribution in [0.1, 0.15) is 6.42 Å². The van der Waals surface area contributed by atoms with Gasteiger partial charge in [-0.1, -0.05) is 67.8 Å². The summed E-state index contributed by atoms with van der Waals surface area (Å²) in [6.07, 6.45) is 2.86. The zero-order valence-electron chi connectivity index (χ0n) is 13.8. The minimum atomic E-state index is -1.34. The first-order valence-electron chi connectivity index (χ1n) is 7.74. The summed E-state index contributed by atoms with van der Waals surface area (Å²) in [5, 5.41) is 0. The number of benzene rings is 2. The molecule has 0 spiro atoms. The summed E-state index contributed by atoms with van der Waals surface area (Å²) in [5.74, 6) is 0. The van der Waals surface area contributed by atoms with Gasteiger partial charge < -0.3 is 4.90 Å². The Morgan fingerprint density at radius 1 is 0.909 bits per heavy atom. The highest BCUT2D eigenvalue weighted by Gasteiger charge is 2.17. The fourth-order valence-electron chi connectivity index (χ4n) is 2.50. The van der Waals surface area contributed by atoms with Gasteiger partial charge in [0.2, 0.25) is 0 Å². The van der Waals surface area contributed by atoms with Gasteiger partial charge in [-0.25, -0.2) is 0 Å². The molecule has 2 aromatic rings.